The van der Waals surface area contributed by atoms with E-state index in [0.717, 1.165) is 26.2 Å². The first-order valence-corrected chi connectivity index (χ1v) is 7.38. The third-order valence-corrected chi connectivity index (χ3v) is 4.57. The van der Waals surface area contributed by atoms with Gasteiger partial charge >= 0.3 is 0 Å². The zero-order valence-corrected chi connectivity index (χ0v) is 11.8. The van der Waals surface area contributed by atoms with Crippen LogP contribution in [0.4, 0.5) is 5.69 Å². The summed E-state index contributed by atoms with van der Waals surface area (Å²) in [6, 6.07) is 9.53. The number of ether oxygens (including phenoxy) is 1. The molecule has 3 rings (SSSR count). The van der Waals surface area contributed by atoms with Gasteiger partial charge in [-0.3, -0.25) is 4.79 Å². The van der Waals surface area contributed by atoms with Crippen LogP contribution < -0.4 is 10.1 Å². The van der Waals surface area contributed by atoms with Crippen molar-refractivity contribution in [3.8, 4) is 5.75 Å². The Morgan fingerprint density at radius 1 is 1.37 bits per heavy atom. The smallest absolute Gasteiger partial charge is 0.198 e. The van der Waals surface area contributed by atoms with Crippen LogP contribution in [0.2, 0.25) is 0 Å². The number of fused-ring (bicyclic) bond motifs is 1. The predicted octanol–water partition coefficient (Wildman–Crippen LogP) is 4.00. The predicted molar refractivity (Wildman–Crippen MR) is 79.2 cm³/mol. The lowest BCUT2D eigenvalue weighted by Crippen LogP contribution is -1.95. The second kappa shape index (κ2) is 5.11. The summed E-state index contributed by atoms with van der Waals surface area (Å²) < 4.78 is 5.19. The molecule has 0 spiro atoms. The first-order chi connectivity index (χ1) is 9.26. The Morgan fingerprint density at radius 2 is 2.26 bits per heavy atom. The maximum absolute atomic E-state index is 12.0. The van der Waals surface area contributed by atoms with Crippen LogP contribution >= 0.6 is 23.1 Å². The van der Waals surface area contributed by atoms with Gasteiger partial charge in [0.2, 0.25) is 0 Å². The fourth-order valence-corrected chi connectivity index (χ4v) is 3.37. The van der Waals surface area contributed by atoms with E-state index in [1.54, 1.807) is 24.9 Å². The van der Waals surface area contributed by atoms with E-state index in [9.17, 15) is 4.79 Å². The average Bonchev–Trinajstić information content (AvgIpc) is 3.06. The van der Waals surface area contributed by atoms with Gasteiger partial charge in [0, 0.05) is 11.0 Å². The van der Waals surface area contributed by atoms with Crippen molar-refractivity contribution >= 4 is 34.6 Å². The quantitative estimate of drug-likeness (QED) is 0.684. The monoisotopic (exact) mass is 289 g/mol. The van der Waals surface area contributed by atoms with E-state index in [1.807, 2.05) is 35.7 Å². The number of thioether (sulfide) groups is 1. The van der Waals surface area contributed by atoms with Crippen LogP contribution in [0.1, 0.15) is 9.67 Å². The molecule has 0 saturated heterocycles. The number of hydrogen-bond acceptors (Lipinski definition) is 5. The number of hydrogen-bond donors (Lipinski definition) is 1. The van der Waals surface area contributed by atoms with Crippen molar-refractivity contribution in [1.29, 1.82) is 0 Å². The molecule has 1 N–H and O–H groups in total. The zero-order valence-electron chi connectivity index (χ0n) is 10.2. The molecule has 0 saturated carbocycles. The summed E-state index contributed by atoms with van der Waals surface area (Å²) in [5.74, 6) is 0.851. The van der Waals surface area contributed by atoms with Gasteiger partial charge in [0.05, 0.1) is 22.7 Å². The largest absolute Gasteiger partial charge is 0.497 e. The summed E-state index contributed by atoms with van der Waals surface area (Å²) >= 11 is 3.00. The Bertz CT molecular complexity index is 647. The summed E-state index contributed by atoms with van der Waals surface area (Å²) in [5.41, 5.74) is 1.01. The number of methoxy groups -OCH3 is 1. The lowest BCUT2D eigenvalue weighted by molar-refractivity contribution is 0.105. The number of allylic oxidation sites excluding steroid dienone is 1. The molecule has 1 aliphatic rings. The van der Waals surface area contributed by atoms with E-state index in [1.165, 1.54) is 11.3 Å². The van der Waals surface area contributed by atoms with Crippen LogP contribution in [0.25, 0.3) is 0 Å². The van der Waals surface area contributed by atoms with Crippen LogP contribution in [0.3, 0.4) is 0 Å². The minimum atomic E-state index is 0.0322. The van der Waals surface area contributed by atoms with Crippen LogP contribution in [0.15, 0.2) is 51.7 Å². The Hall–Kier alpha value is -1.72. The highest BCUT2D eigenvalue weighted by Gasteiger charge is 2.18. The molecular formula is C14H11NO2S2. The highest BCUT2D eigenvalue weighted by molar-refractivity contribution is 8.03. The third-order valence-electron chi connectivity index (χ3n) is 2.69. The lowest BCUT2D eigenvalue weighted by Gasteiger charge is -2.01. The summed E-state index contributed by atoms with van der Waals surface area (Å²) in [4.78, 5) is 13.8. The van der Waals surface area contributed by atoms with Gasteiger partial charge in [-0.1, -0.05) is 17.8 Å². The molecule has 1 aromatic carbocycles. The molecule has 2 heterocycles. The summed E-state index contributed by atoms with van der Waals surface area (Å²) in [5, 5.41) is 5.98. The lowest BCUT2D eigenvalue weighted by atomic mass is 10.3. The Kier molecular flexibility index (Phi) is 3.31. The van der Waals surface area contributed by atoms with Crippen molar-refractivity contribution in [2.24, 2.45) is 0 Å². The molecular weight excluding hydrogens is 278 g/mol. The second-order valence-electron chi connectivity index (χ2n) is 3.94. The number of ketones is 1. The number of carbonyl (C=O) groups excluding carboxylic acids is 1. The molecule has 0 bridgehead atoms. The van der Waals surface area contributed by atoms with Crippen LogP contribution in [-0.2, 0) is 0 Å². The van der Waals surface area contributed by atoms with Gasteiger partial charge in [-0.15, -0.1) is 11.3 Å². The van der Waals surface area contributed by atoms with E-state index >= 15 is 0 Å². The van der Waals surface area contributed by atoms with E-state index in [4.69, 9.17) is 4.74 Å². The Morgan fingerprint density at radius 3 is 3.00 bits per heavy atom. The molecule has 0 aliphatic carbocycles. The van der Waals surface area contributed by atoms with E-state index in [0.29, 0.717) is 0 Å². The number of anilines is 1. The topological polar surface area (TPSA) is 38.3 Å². The van der Waals surface area contributed by atoms with Gasteiger partial charge in [0.25, 0.3) is 0 Å². The maximum atomic E-state index is 12.0. The van der Waals surface area contributed by atoms with Gasteiger partial charge in [-0.25, -0.2) is 0 Å². The molecule has 96 valence electrons. The van der Waals surface area contributed by atoms with Crippen molar-refractivity contribution in [1.82, 2.24) is 0 Å². The highest BCUT2D eigenvalue weighted by atomic mass is 32.2. The normalized spacial score (nSPS) is 15.1. The summed E-state index contributed by atoms with van der Waals surface area (Å²) in [7, 11) is 1.64. The number of nitrogens with one attached hydrogen (secondary N) is 1. The minimum Gasteiger partial charge on any atom is -0.497 e. The van der Waals surface area contributed by atoms with Gasteiger partial charge in [-0.2, -0.15) is 0 Å². The number of rotatable bonds is 3. The Balaban J connectivity index is 1.81. The number of carbonyl (C=O) groups is 1. The standard InChI is InChI=1S/C14H11NO2S2/c1-17-9-4-5-10-13(7-9)19-14(15-10)8-11(16)12-3-2-6-18-12/h2-8,15H,1H3/b14-8+. The first kappa shape index (κ1) is 12.3. The van der Waals surface area contributed by atoms with Gasteiger partial charge in [-0.05, 0) is 29.6 Å². The van der Waals surface area contributed by atoms with E-state index in [2.05, 4.69) is 5.32 Å². The summed E-state index contributed by atoms with van der Waals surface area (Å²) in [6.45, 7) is 0. The van der Waals surface area contributed by atoms with Gasteiger partial charge < -0.3 is 10.1 Å². The molecule has 19 heavy (non-hydrogen) atoms. The fraction of sp³-hybridized carbons (Fsp3) is 0.0714. The van der Waals surface area contributed by atoms with Crippen LogP contribution in [0, 0.1) is 0 Å². The molecule has 0 amide bonds. The molecule has 0 atom stereocenters. The number of thiophene rings is 1. The molecule has 1 aliphatic heterocycles. The van der Waals surface area contributed by atoms with Crippen molar-refractivity contribution < 1.29 is 9.53 Å². The van der Waals surface area contributed by atoms with E-state index in [-0.39, 0.29) is 5.78 Å². The Labute approximate surface area is 119 Å². The van der Waals surface area contributed by atoms with Crippen molar-refractivity contribution in [3.63, 3.8) is 0 Å². The first-order valence-electron chi connectivity index (χ1n) is 5.69. The average molecular weight is 289 g/mol. The molecule has 5 heteroatoms. The minimum absolute atomic E-state index is 0.0322. The molecule has 1 aromatic heterocycles. The van der Waals surface area contributed by atoms with Gasteiger partial charge in [0.1, 0.15) is 5.75 Å². The fourth-order valence-electron chi connectivity index (χ4n) is 1.77. The highest BCUT2D eigenvalue weighted by Crippen LogP contribution is 2.42. The van der Waals surface area contributed by atoms with Crippen LogP contribution in [-0.4, -0.2) is 12.9 Å². The second-order valence-corrected chi connectivity index (χ2v) is 5.97. The van der Waals surface area contributed by atoms with Crippen LogP contribution in [0.5, 0.6) is 5.75 Å². The zero-order chi connectivity index (χ0) is 13.2. The molecule has 2 aromatic rings. The third kappa shape index (κ3) is 2.52. The molecule has 0 unspecified atom stereocenters. The van der Waals surface area contributed by atoms with Crippen molar-refractivity contribution in [3.05, 3.63) is 51.7 Å². The molecule has 0 radical (unpaired) electrons. The maximum Gasteiger partial charge on any atom is 0.198 e. The number of benzene rings is 1. The summed E-state index contributed by atoms with van der Waals surface area (Å²) in [6.07, 6.45) is 1.64. The van der Waals surface area contributed by atoms with Crippen molar-refractivity contribution in [2.75, 3.05) is 12.4 Å². The SMILES string of the molecule is COc1ccc2c(c1)S/C(=C/C(=O)c1cccs1)N2. The van der Waals surface area contributed by atoms with Gasteiger partial charge in [0.15, 0.2) is 5.78 Å². The molecule has 0 fully saturated rings. The van der Waals surface area contributed by atoms with Crippen molar-refractivity contribution in [2.45, 2.75) is 4.90 Å². The van der Waals surface area contributed by atoms with E-state index < -0.39 is 0 Å². The molecule has 3 nitrogen and oxygen atoms in total.